The summed E-state index contributed by atoms with van der Waals surface area (Å²) in [6.07, 6.45) is 44.7. The van der Waals surface area contributed by atoms with E-state index in [9.17, 15) is 9.59 Å². The molecule has 0 saturated carbocycles. The molecule has 272 valence electrons. The second-order valence-electron chi connectivity index (χ2n) is 13.9. The van der Waals surface area contributed by atoms with Gasteiger partial charge in [0.1, 0.15) is 0 Å². The number of imide groups is 1. The van der Waals surface area contributed by atoms with Gasteiger partial charge in [0.25, 0.3) is 0 Å². The van der Waals surface area contributed by atoms with Gasteiger partial charge in [0.15, 0.2) is 0 Å². The van der Waals surface area contributed by atoms with E-state index in [1.54, 1.807) is 0 Å². The topological polar surface area (TPSA) is 60.2 Å². The number of allylic oxidation sites excluding steroid dienone is 4. The van der Waals surface area contributed by atoms with E-state index < -0.39 is 0 Å². The Balaban J connectivity index is 0. The number of nitrogens with two attached hydrogens (primary N) is 1. The normalized spacial score (nSPS) is 13.0. The molecule has 0 aliphatic carbocycles. The summed E-state index contributed by atoms with van der Waals surface area (Å²) in [5, 5.41) is 0. The van der Waals surface area contributed by atoms with Gasteiger partial charge in [-0.1, -0.05) is 141 Å². The van der Waals surface area contributed by atoms with E-state index in [0.29, 0.717) is 25.9 Å². The van der Waals surface area contributed by atoms with E-state index >= 15 is 0 Å². The van der Waals surface area contributed by atoms with E-state index in [2.05, 4.69) is 38.2 Å². The fraction of sp³-hybridized carbons (Fsp3) is 0.854. The van der Waals surface area contributed by atoms with E-state index in [1.165, 1.54) is 141 Å². The Morgan fingerprint density at radius 2 is 0.761 bits per heavy atom. The Bertz CT molecular complexity index is 669. The average molecular weight is 668 g/mol. The third kappa shape index (κ3) is 29.2. The number of hydrogen-bond donors (Lipinski definition) is 1. The van der Waals surface area contributed by atoms with Crippen molar-refractivity contribution in [2.24, 2.45) is 5.73 Å². The number of rotatable bonds is 34. The number of halogens is 1. The van der Waals surface area contributed by atoms with Crippen LogP contribution >= 0.6 is 0 Å². The van der Waals surface area contributed by atoms with Gasteiger partial charge in [-0.3, -0.25) is 0 Å². The van der Waals surface area contributed by atoms with Crippen molar-refractivity contribution in [3.05, 3.63) is 24.3 Å². The highest BCUT2D eigenvalue weighted by atomic mass is 35.5. The van der Waals surface area contributed by atoms with Gasteiger partial charge in [-0.15, -0.1) is 0 Å². The maximum Gasteiger partial charge on any atom is 0.320 e. The molecule has 46 heavy (non-hydrogen) atoms. The number of carbonyl (C=O) groups excluding carboxylic acids is 2. The predicted molar refractivity (Wildman–Crippen MR) is 198 cm³/mol. The summed E-state index contributed by atoms with van der Waals surface area (Å²) in [6, 6.07) is 0. The van der Waals surface area contributed by atoms with Crippen molar-refractivity contribution >= 4 is 11.8 Å². The van der Waals surface area contributed by atoms with Crippen LogP contribution in [0, 0.1) is 0 Å². The van der Waals surface area contributed by atoms with Crippen LogP contribution in [0.1, 0.15) is 206 Å². The van der Waals surface area contributed by atoms with Gasteiger partial charge in [-0.05, 0) is 83.6 Å². The molecule has 0 bridgehead atoms. The number of nitrogens with zero attached hydrogens (tertiary/aromatic N) is 1. The van der Waals surface area contributed by atoms with Crippen LogP contribution in [0.4, 0.5) is 0 Å². The van der Waals surface area contributed by atoms with Gasteiger partial charge in [-0.2, -0.15) is 0 Å². The third-order valence-corrected chi connectivity index (χ3v) is 9.47. The molecular formula is C41H79ClN2O2. The molecule has 4 nitrogen and oxygen atoms in total. The second-order valence-corrected chi connectivity index (χ2v) is 13.9. The first-order valence-electron chi connectivity index (χ1n) is 19.9. The lowest BCUT2D eigenvalue weighted by atomic mass is 10.1. The van der Waals surface area contributed by atoms with Gasteiger partial charge < -0.3 is 18.1 Å². The molecule has 0 radical (unpaired) electrons. The molecule has 5 heteroatoms. The van der Waals surface area contributed by atoms with Crippen LogP contribution in [0.2, 0.25) is 0 Å². The molecule has 0 aliphatic rings. The molecule has 2 N–H and O–H groups in total. The Labute approximate surface area is 294 Å². The van der Waals surface area contributed by atoms with Crippen molar-refractivity contribution in [2.45, 2.75) is 206 Å². The summed E-state index contributed by atoms with van der Waals surface area (Å²) in [5.41, 5.74) is 5.72. The van der Waals surface area contributed by atoms with Crippen LogP contribution in [0.3, 0.4) is 0 Å². The number of hydrogen-bond acceptors (Lipinski definition) is 3. The highest BCUT2D eigenvalue weighted by Crippen LogP contribution is 2.18. The van der Waals surface area contributed by atoms with Crippen LogP contribution in [0.5, 0.6) is 0 Å². The Morgan fingerprint density at radius 1 is 0.457 bits per heavy atom. The molecule has 2 amide bonds. The summed E-state index contributed by atoms with van der Waals surface area (Å²) < 4.78 is -0.0210. The summed E-state index contributed by atoms with van der Waals surface area (Å²) in [5.74, 6) is 0.227. The van der Waals surface area contributed by atoms with Gasteiger partial charge in [-0.25, -0.2) is 14.1 Å². The van der Waals surface area contributed by atoms with E-state index in [4.69, 9.17) is 5.73 Å². The standard InChI is InChI=1S/C41H79N2O2.ClH/c1-4-6-8-10-12-14-16-18-20-22-24-26-28-30-32-36-40(44)43(3,39-35-34-38-42)41(45)37-33-31-29-27-25-23-21-19-17-15-13-11-9-7-5-2;/h18-21H,4-17,22-39,42H2,1-3H3;1H/q+1;/p-1. The molecule has 0 aromatic heterocycles. The molecule has 0 aromatic carbocycles. The molecule has 0 aliphatic heterocycles. The molecule has 0 unspecified atom stereocenters. The molecule has 0 aromatic rings. The van der Waals surface area contributed by atoms with Gasteiger partial charge >= 0.3 is 11.8 Å². The van der Waals surface area contributed by atoms with Crippen LogP contribution in [0.15, 0.2) is 24.3 Å². The van der Waals surface area contributed by atoms with E-state index in [1.807, 2.05) is 7.05 Å². The number of carbonyl (C=O) groups is 2. The maximum absolute atomic E-state index is 13.3. The Morgan fingerprint density at radius 3 is 1.09 bits per heavy atom. The lowest BCUT2D eigenvalue weighted by molar-refractivity contribution is -0.758. The number of quaternary nitrogens is 1. The van der Waals surface area contributed by atoms with Crippen molar-refractivity contribution in [3.63, 3.8) is 0 Å². The highest BCUT2D eigenvalue weighted by molar-refractivity contribution is 5.84. The summed E-state index contributed by atoms with van der Waals surface area (Å²) in [7, 11) is 1.87. The zero-order chi connectivity index (χ0) is 33.1. The average Bonchev–Trinajstić information content (AvgIpc) is 3.04. The highest BCUT2D eigenvalue weighted by Gasteiger charge is 2.38. The van der Waals surface area contributed by atoms with Crippen molar-refractivity contribution in [3.8, 4) is 0 Å². The van der Waals surface area contributed by atoms with Crippen LogP contribution in [0.25, 0.3) is 0 Å². The molecule has 0 heterocycles. The zero-order valence-corrected chi connectivity index (χ0v) is 31.9. The molecule has 0 spiro atoms. The molecule has 0 rings (SSSR count). The lowest BCUT2D eigenvalue weighted by Crippen LogP contribution is -3.00. The van der Waals surface area contributed by atoms with E-state index in [0.717, 1.165) is 38.5 Å². The summed E-state index contributed by atoms with van der Waals surface area (Å²) in [4.78, 5) is 26.6. The molecular weight excluding hydrogens is 588 g/mol. The maximum atomic E-state index is 13.3. The van der Waals surface area contributed by atoms with Crippen LogP contribution in [-0.2, 0) is 9.59 Å². The van der Waals surface area contributed by atoms with Crippen LogP contribution in [-0.4, -0.2) is 36.4 Å². The minimum Gasteiger partial charge on any atom is -1.00 e. The smallest absolute Gasteiger partial charge is 0.320 e. The molecule has 0 saturated heterocycles. The van der Waals surface area contributed by atoms with Gasteiger partial charge in [0.05, 0.1) is 26.4 Å². The zero-order valence-electron chi connectivity index (χ0n) is 31.2. The van der Waals surface area contributed by atoms with Gasteiger partial charge in [0.2, 0.25) is 0 Å². The Kier molecular flexibility index (Phi) is 37.8. The first-order chi connectivity index (χ1) is 22.0. The number of unbranched alkanes of at least 4 members (excludes halogenated alkanes) is 23. The van der Waals surface area contributed by atoms with Crippen molar-refractivity contribution < 1.29 is 26.5 Å². The number of amides is 2. The van der Waals surface area contributed by atoms with E-state index in [-0.39, 0.29) is 28.7 Å². The van der Waals surface area contributed by atoms with Crippen molar-refractivity contribution in [1.82, 2.24) is 0 Å². The molecule has 0 fully saturated rings. The monoisotopic (exact) mass is 667 g/mol. The predicted octanol–water partition coefficient (Wildman–Crippen LogP) is 9.30. The largest absolute Gasteiger partial charge is 1.00 e. The summed E-state index contributed by atoms with van der Waals surface area (Å²) in [6.45, 7) is 5.76. The lowest BCUT2D eigenvalue weighted by Gasteiger charge is -2.29. The minimum absolute atomic E-state index is 0. The first kappa shape index (κ1) is 47.1. The minimum atomic E-state index is -0.0210. The fourth-order valence-corrected chi connectivity index (χ4v) is 6.15. The second kappa shape index (κ2) is 36.9. The summed E-state index contributed by atoms with van der Waals surface area (Å²) >= 11 is 0. The first-order valence-corrected chi connectivity index (χ1v) is 19.9. The Hall–Kier alpha value is -0.970. The van der Waals surface area contributed by atoms with Crippen molar-refractivity contribution in [1.29, 1.82) is 0 Å². The third-order valence-electron chi connectivity index (χ3n) is 9.47. The fourth-order valence-electron chi connectivity index (χ4n) is 6.15. The van der Waals surface area contributed by atoms with Gasteiger partial charge in [0, 0.05) is 0 Å². The van der Waals surface area contributed by atoms with Crippen molar-refractivity contribution in [2.75, 3.05) is 20.1 Å². The quantitative estimate of drug-likeness (QED) is 0.0423. The molecule has 0 atom stereocenters. The van der Waals surface area contributed by atoms with Crippen LogP contribution < -0.4 is 18.1 Å². The SMILES string of the molecule is CCCCCCCCC=CCCCCCCCC(=O)[N+](C)(CCCCN)C(=O)CCCCCCCC=CCCCCCCCC.[Cl-].